The maximum absolute atomic E-state index is 13.8. The van der Waals surface area contributed by atoms with Crippen LogP contribution < -0.4 is 5.43 Å². The Labute approximate surface area is 115 Å². The van der Waals surface area contributed by atoms with Gasteiger partial charge in [-0.1, -0.05) is 0 Å². The van der Waals surface area contributed by atoms with Crippen molar-refractivity contribution in [3.8, 4) is 0 Å². The quantitative estimate of drug-likeness (QED) is 0.922. The van der Waals surface area contributed by atoms with Crippen LogP contribution in [-0.4, -0.2) is 21.8 Å². The summed E-state index contributed by atoms with van der Waals surface area (Å²) in [7, 11) is 0. The van der Waals surface area contributed by atoms with Crippen LogP contribution in [0.1, 0.15) is 41.4 Å². The van der Waals surface area contributed by atoms with E-state index in [2.05, 4.69) is 0 Å². The van der Waals surface area contributed by atoms with E-state index in [1.165, 1.54) is 6.20 Å². The summed E-state index contributed by atoms with van der Waals surface area (Å²) in [5, 5.41) is 9.14. The SMILES string of the molecule is CC1=Cc2c(c(=O)c(C(=O)O)cn2CC2CC2)CC1F. The number of aromatic carboxylic acids is 1. The van der Waals surface area contributed by atoms with E-state index in [1.54, 1.807) is 13.0 Å². The molecule has 2 aliphatic rings. The average molecular weight is 277 g/mol. The maximum Gasteiger partial charge on any atom is 0.341 e. The van der Waals surface area contributed by atoms with Gasteiger partial charge in [-0.25, -0.2) is 9.18 Å². The zero-order valence-corrected chi connectivity index (χ0v) is 11.2. The highest BCUT2D eigenvalue weighted by Crippen LogP contribution is 2.32. The normalized spacial score (nSPS) is 21.3. The van der Waals surface area contributed by atoms with Gasteiger partial charge in [0.25, 0.3) is 0 Å². The minimum Gasteiger partial charge on any atom is -0.477 e. The van der Waals surface area contributed by atoms with Crippen molar-refractivity contribution in [1.29, 1.82) is 0 Å². The molecule has 1 saturated carbocycles. The number of pyridine rings is 1. The molecular formula is C15H16FNO3. The molecule has 4 nitrogen and oxygen atoms in total. The molecule has 1 atom stereocenters. The van der Waals surface area contributed by atoms with Gasteiger partial charge in [0.05, 0.1) is 0 Å². The van der Waals surface area contributed by atoms with Crippen LogP contribution in [0.5, 0.6) is 0 Å². The molecule has 3 rings (SSSR count). The number of carboxylic acid groups (broad SMARTS) is 1. The first kappa shape index (κ1) is 13.1. The summed E-state index contributed by atoms with van der Waals surface area (Å²) in [5.74, 6) is -0.705. The van der Waals surface area contributed by atoms with Gasteiger partial charge in [-0.05, 0) is 37.3 Å². The summed E-state index contributed by atoms with van der Waals surface area (Å²) in [4.78, 5) is 23.4. The van der Waals surface area contributed by atoms with Gasteiger partial charge in [0, 0.05) is 30.4 Å². The Balaban J connectivity index is 2.20. The Morgan fingerprint density at radius 3 is 2.80 bits per heavy atom. The lowest BCUT2D eigenvalue weighted by atomic mass is 9.93. The molecule has 20 heavy (non-hydrogen) atoms. The molecule has 1 fully saturated rings. The van der Waals surface area contributed by atoms with Crippen LogP contribution >= 0.6 is 0 Å². The number of nitrogens with zero attached hydrogens (tertiary/aromatic N) is 1. The molecule has 0 saturated heterocycles. The van der Waals surface area contributed by atoms with Gasteiger partial charge >= 0.3 is 5.97 Å². The number of fused-ring (bicyclic) bond motifs is 1. The van der Waals surface area contributed by atoms with Gasteiger partial charge < -0.3 is 9.67 Å². The fourth-order valence-electron chi connectivity index (χ4n) is 2.63. The Bertz CT molecular complexity index is 670. The van der Waals surface area contributed by atoms with Crippen molar-refractivity contribution >= 4 is 12.0 Å². The molecular weight excluding hydrogens is 261 g/mol. The topological polar surface area (TPSA) is 59.3 Å². The summed E-state index contributed by atoms with van der Waals surface area (Å²) in [6, 6.07) is 0. The zero-order valence-electron chi connectivity index (χ0n) is 11.2. The number of allylic oxidation sites excluding steroid dienone is 1. The molecule has 1 aromatic rings. The smallest absolute Gasteiger partial charge is 0.341 e. The predicted octanol–water partition coefficient (Wildman–Crippen LogP) is 2.25. The van der Waals surface area contributed by atoms with Crippen molar-refractivity contribution in [1.82, 2.24) is 4.57 Å². The molecule has 0 aliphatic heterocycles. The first-order valence-corrected chi connectivity index (χ1v) is 6.79. The van der Waals surface area contributed by atoms with Gasteiger partial charge in [0.1, 0.15) is 11.7 Å². The van der Waals surface area contributed by atoms with Crippen molar-refractivity contribution < 1.29 is 14.3 Å². The minimum atomic E-state index is -1.25. The van der Waals surface area contributed by atoms with Crippen LogP contribution in [-0.2, 0) is 13.0 Å². The summed E-state index contributed by atoms with van der Waals surface area (Å²) in [6.07, 6.45) is 4.11. The molecule has 0 radical (unpaired) electrons. The lowest BCUT2D eigenvalue weighted by molar-refractivity contribution is 0.0694. The molecule has 2 aliphatic carbocycles. The first-order chi connectivity index (χ1) is 9.47. The number of carbonyl (C=O) groups is 1. The standard InChI is InChI=1S/C15H16FNO3/c1-8-4-13-10(5-12(8)16)14(18)11(15(19)20)7-17(13)6-9-2-3-9/h4,7,9,12H,2-3,5-6H2,1H3,(H,19,20). The number of alkyl halides is 1. The Morgan fingerprint density at radius 1 is 1.50 bits per heavy atom. The monoisotopic (exact) mass is 277 g/mol. The molecule has 0 amide bonds. The highest BCUT2D eigenvalue weighted by Gasteiger charge is 2.28. The van der Waals surface area contributed by atoms with E-state index in [-0.39, 0.29) is 12.0 Å². The third-order valence-corrected chi connectivity index (χ3v) is 4.05. The Morgan fingerprint density at radius 2 is 2.20 bits per heavy atom. The van der Waals surface area contributed by atoms with E-state index < -0.39 is 17.6 Å². The number of aromatic nitrogens is 1. The lowest BCUT2D eigenvalue weighted by Crippen LogP contribution is -2.29. The van der Waals surface area contributed by atoms with Crippen LogP contribution in [0.4, 0.5) is 4.39 Å². The third kappa shape index (κ3) is 2.17. The predicted molar refractivity (Wildman–Crippen MR) is 72.6 cm³/mol. The van der Waals surface area contributed by atoms with Gasteiger partial charge in [0.2, 0.25) is 0 Å². The van der Waals surface area contributed by atoms with Gasteiger partial charge in [-0.3, -0.25) is 4.79 Å². The Hall–Kier alpha value is -1.91. The minimum absolute atomic E-state index is 0.0255. The van der Waals surface area contributed by atoms with Gasteiger partial charge in [-0.15, -0.1) is 0 Å². The number of halogens is 1. The molecule has 1 aromatic heterocycles. The van der Waals surface area contributed by atoms with Crippen LogP contribution in [0.25, 0.3) is 6.08 Å². The van der Waals surface area contributed by atoms with Crippen molar-refractivity contribution in [2.75, 3.05) is 0 Å². The highest BCUT2D eigenvalue weighted by atomic mass is 19.1. The van der Waals surface area contributed by atoms with Gasteiger partial charge in [-0.2, -0.15) is 0 Å². The number of hydrogen-bond donors (Lipinski definition) is 1. The van der Waals surface area contributed by atoms with E-state index in [1.807, 2.05) is 4.57 Å². The first-order valence-electron chi connectivity index (χ1n) is 6.79. The summed E-state index contributed by atoms with van der Waals surface area (Å²) in [5.41, 5.74) is 0.752. The molecule has 1 heterocycles. The fourth-order valence-corrected chi connectivity index (χ4v) is 2.63. The molecule has 0 spiro atoms. The average Bonchev–Trinajstić information content (AvgIpc) is 3.19. The van der Waals surface area contributed by atoms with Crippen LogP contribution in [0.3, 0.4) is 0 Å². The fraction of sp³-hybridized carbons (Fsp3) is 0.467. The van der Waals surface area contributed by atoms with Crippen molar-refractivity contribution in [2.45, 2.75) is 38.9 Å². The van der Waals surface area contributed by atoms with E-state index in [9.17, 15) is 14.0 Å². The molecule has 5 heteroatoms. The second kappa shape index (κ2) is 4.58. The summed E-state index contributed by atoms with van der Waals surface area (Å²) < 4.78 is 15.6. The molecule has 1 N–H and O–H groups in total. The second-order valence-corrected chi connectivity index (χ2v) is 5.70. The van der Waals surface area contributed by atoms with Crippen molar-refractivity contribution in [3.05, 3.63) is 38.8 Å². The maximum atomic E-state index is 13.8. The second-order valence-electron chi connectivity index (χ2n) is 5.70. The number of carboxylic acids is 1. The highest BCUT2D eigenvalue weighted by molar-refractivity contribution is 5.87. The third-order valence-electron chi connectivity index (χ3n) is 4.05. The number of hydrogen-bond acceptors (Lipinski definition) is 2. The Kier molecular flexibility index (Phi) is 3.00. The number of rotatable bonds is 3. The molecule has 0 aromatic carbocycles. The lowest BCUT2D eigenvalue weighted by Gasteiger charge is -2.22. The summed E-state index contributed by atoms with van der Waals surface area (Å²) in [6.45, 7) is 2.40. The molecule has 106 valence electrons. The van der Waals surface area contributed by atoms with Crippen molar-refractivity contribution in [3.63, 3.8) is 0 Å². The molecule has 0 bridgehead atoms. The van der Waals surface area contributed by atoms with Crippen LogP contribution in [0, 0.1) is 5.92 Å². The van der Waals surface area contributed by atoms with E-state index in [0.29, 0.717) is 29.3 Å². The van der Waals surface area contributed by atoms with E-state index in [0.717, 1.165) is 12.8 Å². The van der Waals surface area contributed by atoms with Crippen LogP contribution in [0.2, 0.25) is 0 Å². The van der Waals surface area contributed by atoms with E-state index in [4.69, 9.17) is 5.11 Å². The van der Waals surface area contributed by atoms with Crippen LogP contribution in [0.15, 0.2) is 16.6 Å². The van der Waals surface area contributed by atoms with E-state index >= 15 is 0 Å². The largest absolute Gasteiger partial charge is 0.477 e. The van der Waals surface area contributed by atoms with Gasteiger partial charge in [0.15, 0.2) is 5.43 Å². The van der Waals surface area contributed by atoms with Crippen molar-refractivity contribution in [2.24, 2.45) is 5.92 Å². The summed E-state index contributed by atoms with van der Waals surface area (Å²) >= 11 is 0. The molecule has 1 unspecified atom stereocenters. The zero-order chi connectivity index (χ0) is 14.4.